The second-order valence-electron chi connectivity index (χ2n) is 30.5. The molecule has 0 bridgehead atoms. The second-order valence-corrected chi connectivity index (χ2v) is 40.4. The number of carbonyl (C=O) groups is 5. The van der Waals surface area contributed by atoms with E-state index in [-0.39, 0.29) is 115 Å². The standard InChI is InChI=1S/C23H20FNO4S.4C17H16FNO4S/c1-16-11-18(7-9-21(16)24)15-30(27,28)20-8-10-22-19(12-20)14-25(23(26)29-22)13-17-5-3-2-4-6-17;2*1-11-7-12(3-5-15(11)18)10-24(21,22)14-4-6-16-13(8-14)9-23-17(20)19(16)2;2*1-11-7-12(3-5-15(11)18)10-24(21,22)14-4-6-16-13(8-14)9-19(2)17(20)23-16/h2-12H,13-15H2,1H3;4*3-8H,9-10H2,1-2H3. The minimum absolute atomic E-state index is 0.0392. The van der Waals surface area contributed by atoms with E-state index in [1.807, 2.05) is 30.3 Å². The summed E-state index contributed by atoms with van der Waals surface area (Å²) in [5.74, 6) is -1.85. The highest BCUT2D eigenvalue weighted by Crippen LogP contribution is 2.37. The molecule has 0 unspecified atom stereocenters. The maximum absolute atomic E-state index is 13.5. The van der Waals surface area contributed by atoms with Gasteiger partial charge in [-0.2, -0.15) is 0 Å². The number of hydrogen-bond acceptors (Lipinski definition) is 20. The van der Waals surface area contributed by atoms with Gasteiger partial charge in [0.2, 0.25) is 0 Å². The summed E-state index contributed by atoms with van der Waals surface area (Å²) in [7, 11) is -11.7. The van der Waals surface area contributed by atoms with Gasteiger partial charge in [0.25, 0.3) is 0 Å². The van der Waals surface area contributed by atoms with Crippen LogP contribution in [0, 0.1) is 63.7 Å². The van der Waals surface area contributed by atoms with Gasteiger partial charge in [-0.3, -0.25) is 14.7 Å². The number of rotatable bonds is 17. The molecule has 5 aliphatic heterocycles. The van der Waals surface area contributed by atoms with Crippen molar-refractivity contribution in [1.29, 1.82) is 0 Å². The Kier molecular flexibility index (Phi) is 27.8. The van der Waals surface area contributed by atoms with E-state index in [4.69, 9.17) is 23.7 Å². The number of aryl methyl sites for hydroxylation is 5. The van der Waals surface area contributed by atoms with Gasteiger partial charge in [-0.25, -0.2) is 88.0 Å². The minimum atomic E-state index is -3.65. The highest BCUT2D eigenvalue weighted by atomic mass is 32.2. The first-order valence-electron chi connectivity index (χ1n) is 38.6. The lowest BCUT2D eigenvalue weighted by atomic mass is 10.1. The molecule has 0 atom stereocenters. The highest BCUT2D eigenvalue weighted by Gasteiger charge is 2.33. The number of carbonyl (C=O) groups excluding carboxylic acids is 5. The summed E-state index contributed by atoms with van der Waals surface area (Å²) < 4.78 is 219. The monoisotopic (exact) mass is 1820 g/mol. The number of ether oxygens (including phenoxy) is 5. The summed E-state index contributed by atoms with van der Waals surface area (Å²) >= 11 is 0. The fourth-order valence-electron chi connectivity index (χ4n) is 13.8. The summed E-state index contributed by atoms with van der Waals surface area (Å²) in [6.45, 7) is 9.23. The van der Waals surface area contributed by atoms with Crippen molar-refractivity contribution < 1.29 is 112 Å². The molecule has 35 heteroatoms. The lowest BCUT2D eigenvalue weighted by Crippen LogP contribution is -2.36. The van der Waals surface area contributed by atoms with Gasteiger partial charge in [-0.1, -0.05) is 91.0 Å². The van der Waals surface area contributed by atoms with Crippen molar-refractivity contribution >= 4 is 91.0 Å². The van der Waals surface area contributed by atoms with Crippen LogP contribution in [0.3, 0.4) is 0 Å². The molecule has 0 radical (unpaired) electrons. The minimum Gasteiger partial charge on any atom is -0.444 e. The molecule has 11 aromatic rings. The Morgan fingerprint density at radius 2 is 0.548 bits per heavy atom. The zero-order valence-electron chi connectivity index (χ0n) is 69.3. The van der Waals surface area contributed by atoms with Gasteiger partial charge in [0.05, 0.1) is 84.3 Å². The van der Waals surface area contributed by atoms with Crippen molar-refractivity contribution in [1.82, 2.24) is 14.7 Å². The van der Waals surface area contributed by atoms with E-state index in [9.17, 15) is 88.0 Å². The van der Waals surface area contributed by atoms with Gasteiger partial charge in [-0.15, -0.1) is 0 Å². The van der Waals surface area contributed by atoms with Crippen LogP contribution in [0.5, 0.6) is 17.2 Å². The number of benzene rings is 11. The van der Waals surface area contributed by atoms with Crippen LogP contribution in [0.4, 0.5) is 57.3 Å². The molecular weight excluding hydrogens is 1740 g/mol. The fraction of sp³-hybridized carbons (Fsp3) is 0.220. The Hall–Kier alpha value is -12.8. The van der Waals surface area contributed by atoms with E-state index in [1.165, 1.54) is 188 Å². The molecular formula is C91H84F5N5O20S5. The SMILES string of the molecule is Cc1cc(CS(=O)(=O)c2ccc3c(c2)CN(C)C(=O)O3)ccc1F.Cc1cc(CS(=O)(=O)c2ccc3c(c2)CN(C)C(=O)O3)ccc1F.Cc1cc(CS(=O)(=O)c2ccc3c(c2)CN(Cc2ccccc2)C(=O)O3)ccc1F.Cc1cc(CS(=O)(=O)c2ccc3c(c2)COC(=O)N3C)ccc1F.Cc1cc(CS(=O)(=O)c2ccc3c(c2)COC(=O)N3C)ccc1F. The number of hydrogen-bond donors (Lipinski definition) is 0. The van der Waals surface area contributed by atoms with E-state index in [2.05, 4.69) is 0 Å². The largest absolute Gasteiger partial charge is 0.444 e. The zero-order chi connectivity index (χ0) is 91.2. The summed E-state index contributed by atoms with van der Waals surface area (Å²) in [5, 5.41) is 0. The third kappa shape index (κ3) is 22.3. The van der Waals surface area contributed by atoms with Crippen LogP contribution in [0.15, 0.2) is 237 Å². The van der Waals surface area contributed by atoms with E-state index in [0.29, 0.717) is 119 Å². The first-order chi connectivity index (χ1) is 59.4. The predicted molar refractivity (Wildman–Crippen MR) is 456 cm³/mol. The van der Waals surface area contributed by atoms with Crippen LogP contribution in [-0.4, -0.2) is 115 Å². The van der Waals surface area contributed by atoms with Crippen molar-refractivity contribution in [3.63, 3.8) is 0 Å². The maximum atomic E-state index is 13.5. The molecule has 16 rings (SSSR count). The first-order valence-corrected chi connectivity index (χ1v) is 46.9. The normalized spacial score (nSPS) is 14.1. The van der Waals surface area contributed by atoms with Crippen molar-refractivity contribution in [3.8, 4) is 17.2 Å². The van der Waals surface area contributed by atoms with Crippen molar-refractivity contribution in [2.24, 2.45) is 0 Å². The molecule has 658 valence electrons. The number of anilines is 2. The Balaban J connectivity index is 0.000000144. The molecule has 0 spiro atoms. The Bertz CT molecular complexity index is 6460. The third-order valence-corrected chi connectivity index (χ3v) is 29.2. The molecule has 0 fully saturated rings. The van der Waals surface area contributed by atoms with E-state index < -0.39 is 79.7 Å². The molecule has 5 aliphatic rings. The molecule has 0 saturated heterocycles. The van der Waals surface area contributed by atoms with Gasteiger partial charge in [-0.05, 0) is 217 Å². The number of fused-ring (bicyclic) bond motifs is 5. The predicted octanol–water partition coefficient (Wildman–Crippen LogP) is 17.1. The molecule has 0 aromatic heterocycles. The first kappa shape index (κ1) is 92.4. The molecule has 0 saturated carbocycles. The number of halogens is 5. The Morgan fingerprint density at radius 3 is 0.833 bits per heavy atom. The lowest BCUT2D eigenvalue weighted by Gasteiger charge is -2.28. The molecule has 25 nitrogen and oxygen atoms in total. The zero-order valence-corrected chi connectivity index (χ0v) is 73.4. The summed E-state index contributed by atoms with van der Waals surface area (Å²) in [6, 6.07) is 53.3. The third-order valence-electron chi connectivity index (χ3n) is 20.7. The van der Waals surface area contributed by atoms with Gasteiger partial charge in [0.15, 0.2) is 49.2 Å². The summed E-state index contributed by atoms with van der Waals surface area (Å²) in [5.41, 5.74) is 9.99. The van der Waals surface area contributed by atoms with Gasteiger partial charge < -0.3 is 33.5 Å². The van der Waals surface area contributed by atoms with E-state index in [0.717, 1.165) is 5.56 Å². The van der Waals surface area contributed by atoms with Gasteiger partial charge >= 0.3 is 30.5 Å². The molecule has 11 aromatic carbocycles. The van der Waals surface area contributed by atoms with Gasteiger partial charge in [0.1, 0.15) is 59.5 Å². The second kappa shape index (κ2) is 37.9. The Morgan fingerprint density at radius 1 is 0.286 bits per heavy atom. The Labute approximate surface area is 725 Å². The molecule has 5 amide bonds. The topological polar surface area (TPSA) is 318 Å². The van der Waals surface area contributed by atoms with Crippen LogP contribution in [0.2, 0.25) is 0 Å². The highest BCUT2D eigenvalue weighted by molar-refractivity contribution is 7.91. The number of sulfone groups is 5. The maximum Gasteiger partial charge on any atom is 0.415 e. The summed E-state index contributed by atoms with van der Waals surface area (Å²) in [4.78, 5) is 65.9. The smallest absolute Gasteiger partial charge is 0.415 e. The van der Waals surface area contributed by atoms with Crippen molar-refractivity contribution in [2.45, 2.75) is 127 Å². The quantitative estimate of drug-likeness (QED) is 0.0764. The van der Waals surface area contributed by atoms with Crippen molar-refractivity contribution in [2.75, 3.05) is 38.0 Å². The molecule has 5 heterocycles. The van der Waals surface area contributed by atoms with Crippen LogP contribution >= 0.6 is 0 Å². The number of amides is 5. The van der Waals surface area contributed by atoms with Crippen LogP contribution < -0.4 is 24.0 Å². The van der Waals surface area contributed by atoms with Crippen LogP contribution in [-0.2, 0) is 127 Å². The van der Waals surface area contributed by atoms with Crippen molar-refractivity contribution in [3.05, 3.63) is 330 Å². The van der Waals surface area contributed by atoms with E-state index in [1.54, 1.807) is 81.0 Å². The molecule has 0 N–H and O–H groups in total. The number of nitrogens with zero attached hydrogens (tertiary/aromatic N) is 5. The average Bonchev–Trinajstić information content (AvgIpc) is 0.808. The summed E-state index contributed by atoms with van der Waals surface area (Å²) in [6.07, 6.45) is -2.36. The lowest BCUT2D eigenvalue weighted by molar-refractivity contribution is 0.135. The molecule has 0 aliphatic carbocycles. The number of cyclic esters (lactones) is 2. The van der Waals surface area contributed by atoms with Crippen LogP contribution in [0.25, 0.3) is 0 Å². The van der Waals surface area contributed by atoms with Gasteiger partial charge in [0, 0.05) is 62.6 Å². The van der Waals surface area contributed by atoms with E-state index >= 15 is 0 Å². The fourth-order valence-corrected chi connectivity index (χ4v) is 20.7. The van der Waals surface area contributed by atoms with Crippen LogP contribution in [0.1, 0.15) is 89.0 Å². The molecule has 126 heavy (non-hydrogen) atoms. The average molecular weight is 1820 g/mol.